The molecule has 3 aromatic heterocycles. The summed E-state index contributed by atoms with van der Waals surface area (Å²) in [5, 5.41) is 0.278. The zero-order chi connectivity index (χ0) is 24.0. The first-order chi connectivity index (χ1) is 16.3. The van der Waals surface area contributed by atoms with E-state index in [-0.39, 0.29) is 44.9 Å². The zero-order valence-electron chi connectivity index (χ0n) is 19.0. The van der Waals surface area contributed by atoms with Gasteiger partial charge in [-0.1, -0.05) is 11.6 Å². The lowest BCUT2D eigenvalue weighted by Gasteiger charge is -2.29. The number of fused-ring (bicyclic) bond motifs is 1. The third-order valence-corrected chi connectivity index (χ3v) is 6.53. The molecule has 0 radical (unpaired) electrons. The molecular formula is C25H23ClFN5O2. The fourth-order valence-corrected chi connectivity index (χ4v) is 4.51. The van der Waals surface area contributed by atoms with E-state index >= 15 is 0 Å². The Balaban J connectivity index is 1.66. The Morgan fingerprint density at radius 3 is 2.71 bits per heavy atom. The van der Waals surface area contributed by atoms with E-state index in [0.29, 0.717) is 31.1 Å². The van der Waals surface area contributed by atoms with E-state index in [4.69, 9.17) is 21.3 Å². The van der Waals surface area contributed by atoms with Crippen molar-refractivity contribution in [2.45, 2.75) is 38.7 Å². The van der Waals surface area contributed by atoms with Crippen molar-refractivity contribution in [2.75, 3.05) is 6.61 Å². The normalized spacial score (nSPS) is 18.4. The molecule has 2 atom stereocenters. The van der Waals surface area contributed by atoms with Crippen molar-refractivity contribution in [1.29, 1.82) is 0 Å². The van der Waals surface area contributed by atoms with Gasteiger partial charge in [0.25, 0.3) is 5.56 Å². The summed E-state index contributed by atoms with van der Waals surface area (Å²) in [5.74, 6) is 0.370. The van der Waals surface area contributed by atoms with Gasteiger partial charge < -0.3 is 4.74 Å². The predicted octanol–water partition coefficient (Wildman–Crippen LogP) is 4.83. The maximum absolute atomic E-state index is 15.0. The number of halogens is 2. The van der Waals surface area contributed by atoms with Crippen LogP contribution in [0.4, 0.5) is 4.39 Å². The minimum absolute atomic E-state index is 0.0725. The van der Waals surface area contributed by atoms with Crippen LogP contribution >= 0.6 is 11.6 Å². The van der Waals surface area contributed by atoms with Crippen molar-refractivity contribution in [3.63, 3.8) is 0 Å². The van der Waals surface area contributed by atoms with Gasteiger partial charge in [-0.3, -0.25) is 14.3 Å². The van der Waals surface area contributed by atoms with Gasteiger partial charge in [-0.25, -0.2) is 19.3 Å². The number of rotatable bonds is 3. The van der Waals surface area contributed by atoms with Crippen molar-refractivity contribution in [3.8, 4) is 11.3 Å². The molecule has 174 valence electrons. The molecule has 0 saturated carbocycles. The molecule has 7 nitrogen and oxygen atoms in total. The summed E-state index contributed by atoms with van der Waals surface area (Å²) in [5.41, 5.74) is 2.62. The lowest BCUT2D eigenvalue weighted by Crippen LogP contribution is -2.25. The molecule has 0 unspecified atom stereocenters. The number of hydrogen-bond acceptors (Lipinski definition) is 6. The fraction of sp³-hybridized carbons (Fsp3) is 0.320. The van der Waals surface area contributed by atoms with Crippen LogP contribution in [0.3, 0.4) is 0 Å². The first kappa shape index (κ1) is 22.6. The highest BCUT2D eigenvalue weighted by atomic mass is 35.5. The van der Waals surface area contributed by atoms with Crippen LogP contribution < -0.4 is 5.56 Å². The Morgan fingerprint density at radius 1 is 1.12 bits per heavy atom. The quantitative estimate of drug-likeness (QED) is 0.418. The van der Waals surface area contributed by atoms with Crippen molar-refractivity contribution in [1.82, 2.24) is 24.5 Å². The van der Waals surface area contributed by atoms with Gasteiger partial charge in [0.05, 0.1) is 6.10 Å². The Kier molecular flexibility index (Phi) is 5.87. The lowest BCUT2D eigenvalue weighted by atomic mass is 9.91. The van der Waals surface area contributed by atoms with Crippen LogP contribution in [0, 0.1) is 19.7 Å². The molecular weight excluding hydrogens is 457 g/mol. The van der Waals surface area contributed by atoms with Crippen molar-refractivity contribution in [3.05, 3.63) is 80.6 Å². The summed E-state index contributed by atoms with van der Waals surface area (Å²) in [6.45, 7) is 4.18. The van der Waals surface area contributed by atoms with E-state index in [2.05, 4.69) is 15.0 Å². The minimum Gasteiger partial charge on any atom is -0.373 e. The Labute approximate surface area is 200 Å². The minimum atomic E-state index is -0.532. The average Bonchev–Trinajstić information content (AvgIpc) is 2.82. The molecule has 4 heterocycles. The highest BCUT2D eigenvalue weighted by Gasteiger charge is 2.29. The third-order valence-electron chi connectivity index (χ3n) is 6.30. The Hall–Kier alpha value is -3.23. The average molecular weight is 480 g/mol. The molecule has 0 N–H and O–H groups in total. The van der Waals surface area contributed by atoms with Crippen molar-refractivity contribution >= 4 is 22.6 Å². The number of benzene rings is 1. The Morgan fingerprint density at radius 2 is 1.94 bits per heavy atom. The second-order valence-electron chi connectivity index (χ2n) is 8.59. The largest absolute Gasteiger partial charge is 0.373 e. The summed E-state index contributed by atoms with van der Waals surface area (Å²) in [6.07, 6.45) is 2.95. The van der Waals surface area contributed by atoms with Crippen molar-refractivity contribution < 1.29 is 9.13 Å². The second-order valence-corrected chi connectivity index (χ2v) is 9.02. The SMILES string of the molecule is Cc1cc([C@H]2C[C@@H](c3nc(-c4ccc(Cl)cc4F)c4nc(C)n(C)c(=O)c4n3)CCO2)ccn1. The first-order valence-corrected chi connectivity index (χ1v) is 11.4. The maximum atomic E-state index is 15.0. The lowest BCUT2D eigenvalue weighted by molar-refractivity contribution is 0.00394. The summed E-state index contributed by atoms with van der Waals surface area (Å²) in [7, 11) is 1.64. The highest BCUT2D eigenvalue weighted by molar-refractivity contribution is 6.30. The molecule has 1 aliphatic heterocycles. The van der Waals surface area contributed by atoms with E-state index < -0.39 is 5.82 Å². The summed E-state index contributed by atoms with van der Waals surface area (Å²) in [6, 6.07) is 8.33. The number of hydrogen-bond donors (Lipinski definition) is 0. The van der Waals surface area contributed by atoms with Crippen LogP contribution in [0.15, 0.2) is 41.3 Å². The van der Waals surface area contributed by atoms with E-state index in [1.54, 1.807) is 32.3 Å². The second kappa shape index (κ2) is 8.85. The van der Waals surface area contributed by atoms with Crippen LogP contribution in [-0.4, -0.2) is 31.1 Å². The maximum Gasteiger partial charge on any atom is 0.279 e. The Bertz CT molecular complexity index is 1470. The van der Waals surface area contributed by atoms with Gasteiger partial charge in [0.1, 0.15) is 28.7 Å². The zero-order valence-corrected chi connectivity index (χ0v) is 19.8. The summed E-state index contributed by atoms with van der Waals surface area (Å²) >= 11 is 5.97. The molecule has 1 aliphatic rings. The highest BCUT2D eigenvalue weighted by Crippen LogP contribution is 2.38. The van der Waals surface area contributed by atoms with Gasteiger partial charge in [0.15, 0.2) is 5.52 Å². The number of pyridine rings is 1. The van der Waals surface area contributed by atoms with E-state index in [0.717, 1.165) is 11.3 Å². The number of aromatic nitrogens is 5. The molecule has 0 bridgehead atoms. The van der Waals surface area contributed by atoms with Crippen LogP contribution in [0.2, 0.25) is 5.02 Å². The number of aryl methyl sites for hydroxylation is 2. The van der Waals surface area contributed by atoms with Gasteiger partial charge in [-0.15, -0.1) is 0 Å². The van der Waals surface area contributed by atoms with Gasteiger partial charge in [0.2, 0.25) is 0 Å². The van der Waals surface area contributed by atoms with Crippen LogP contribution in [0.25, 0.3) is 22.3 Å². The van der Waals surface area contributed by atoms with Crippen LogP contribution in [0.5, 0.6) is 0 Å². The summed E-state index contributed by atoms with van der Waals surface area (Å²) < 4.78 is 22.4. The van der Waals surface area contributed by atoms with Gasteiger partial charge >= 0.3 is 0 Å². The molecule has 0 spiro atoms. The molecule has 34 heavy (non-hydrogen) atoms. The molecule has 1 aromatic carbocycles. The first-order valence-electron chi connectivity index (χ1n) is 11.1. The fourth-order valence-electron chi connectivity index (χ4n) is 4.35. The van der Waals surface area contributed by atoms with E-state index in [1.165, 1.54) is 10.6 Å². The molecule has 4 aromatic rings. The van der Waals surface area contributed by atoms with Gasteiger partial charge in [0, 0.05) is 42.0 Å². The smallest absolute Gasteiger partial charge is 0.279 e. The monoisotopic (exact) mass is 479 g/mol. The molecule has 9 heteroatoms. The van der Waals surface area contributed by atoms with Gasteiger partial charge in [-0.2, -0.15) is 0 Å². The van der Waals surface area contributed by atoms with Gasteiger partial charge in [-0.05, 0) is 62.6 Å². The summed E-state index contributed by atoms with van der Waals surface area (Å²) in [4.78, 5) is 31.3. The van der Waals surface area contributed by atoms with Crippen molar-refractivity contribution in [2.24, 2.45) is 7.05 Å². The molecule has 1 saturated heterocycles. The number of nitrogens with zero attached hydrogens (tertiary/aromatic N) is 5. The topological polar surface area (TPSA) is 82.8 Å². The molecule has 0 aliphatic carbocycles. The van der Waals surface area contributed by atoms with Crippen LogP contribution in [0.1, 0.15) is 47.8 Å². The third kappa shape index (κ3) is 4.08. The number of ether oxygens (including phenoxy) is 1. The van der Waals surface area contributed by atoms with Crippen LogP contribution in [-0.2, 0) is 11.8 Å². The standard InChI is InChI=1S/C25H23ClFN5O2/c1-13-10-15(6-8-28-13)20-11-16(7-9-34-20)24-30-21(18-5-4-17(26)12-19(18)27)22-23(31-24)25(33)32(3)14(2)29-22/h4-6,8,10,12,16,20H,7,9,11H2,1-3H3/t16-,20+/m0/s1. The molecule has 0 amide bonds. The van der Waals surface area contributed by atoms with E-state index in [1.807, 2.05) is 19.1 Å². The molecule has 1 fully saturated rings. The predicted molar refractivity (Wildman–Crippen MR) is 127 cm³/mol. The molecule has 5 rings (SSSR count). The van der Waals surface area contributed by atoms with E-state index in [9.17, 15) is 9.18 Å².